The molecule has 28 heavy (non-hydrogen) atoms. The highest BCUT2D eigenvalue weighted by Gasteiger charge is 2.48. The smallest absolute Gasteiger partial charge is 0.296 e. The normalized spacial score (nSPS) is 26.7. The predicted molar refractivity (Wildman–Crippen MR) is 98.0 cm³/mol. The number of pyridine rings is 2. The molecule has 3 aromatic rings. The molecular weight excluding hydrogens is 388 g/mol. The summed E-state index contributed by atoms with van der Waals surface area (Å²) in [5, 5.41) is 19.4. The Kier molecular flexibility index (Phi) is 4.41. The molecule has 4 atom stereocenters. The molecule has 2 aliphatic heterocycles. The Morgan fingerprint density at radius 2 is 2.07 bits per heavy atom. The first-order valence-corrected chi connectivity index (χ1v) is 9.20. The Morgan fingerprint density at radius 1 is 1.21 bits per heavy atom. The van der Waals surface area contributed by atoms with Gasteiger partial charge >= 0.3 is 0 Å². The van der Waals surface area contributed by atoms with Gasteiger partial charge in [-0.15, -0.1) is 0 Å². The first-order valence-electron chi connectivity index (χ1n) is 8.82. The Morgan fingerprint density at radius 3 is 2.86 bits per heavy atom. The summed E-state index contributed by atoms with van der Waals surface area (Å²) in [6.45, 7) is 0.415. The van der Waals surface area contributed by atoms with Crippen LogP contribution in [-0.2, 0) is 16.1 Å². The Balaban J connectivity index is 1.41. The van der Waals surface area contributed by atoms with Gasteiger partial charge in [0.15, 0.2) is 11.8 Å². The van der Waals surface area contributed by atoms with Gasteiger partial charge in [-0.1, -0.05) is 11.6 Å². The minimum Gasteiger partial charge on any atom is -0.456 e. The minimum absolute atomic E-state index is 0.131. The molecule has 146 valence electrons. The van der Waals surface area contributed by atoms with Gasteiger partial charge in [-0.3, -0.25) is 4.98 Å². The zero-order chi connectivity index (χ0) is 19.3. The van der Waals surface area contributed by atoms with E-state index in [1.807, 2.05) is 0 Å². The van der Waals surface area contributed by atoms with Crippen molar-refractivity contribution >= 4 is 22.8 Å². The average Bonchev–Trinajstić information content (AvgIpc) is 3.38. The summed E-state index contributed by atoms with van der Waals surface area (Å²) in [5.41, 5.74) is 2.90. The lowest BCUT2D eigenvalue weighted by Crippen LogP contribution is -2.34. The summed E-state index contributed by atoms with van der Waals surface area (Å²) >= 11 is 6.38. The highest BCUT2D eigenvalue weighted by molar-refractivity contribution is 6.33. The van der Waals surface area contributed by atoms with E-state index in [2.05, 4.69) is 19.9 Å². The van der Waals surface area contributed by atoms with Crippen molar-refractivity contribution in [2.24, 2.45) is 0 Å². The molecule has 0 aromatic carbocycles. The molecule has 2 aliphatic rings. The van der Waals surface area contributed by atoms with Crippen molar-refractivity contribution in [2.75, 3.05) is 13.2 Å². The van der Waals surface area contributed by atoms with E-state index >= 15 is 0 Å². The molecule has 0 aliphatic carbocycles. The van der Waals surface area contributed by atoms with Crippen LogP contribution in [0.3, 0.4) is 0 Å². The van der Waals surface area contributed by atoms with Crippen LogP contribution in [0.15, 0.2) is 24.4 Å². The Labute approximate surface area is 164 Å². The van der Waals surface area contributed by atoms with Gasteiger partial charge in [0.25, 0.3) is 6.01 Å². The second-order valence-electron chi connectivity index (χ2n) is 6.75. The third-order valence-electron chi connectivity index (χ3n) is 4.91. The lowest BCUT2D eigenvalue weighted by molar-refractivity contribution is 0.00706. The highest BCUT2D eigenvalue weighted by Crippen LogP contribution is 2.32. The van der Waals surface area contributed by atoms with E-state index in [0.29, 0.717) is 34.2 Å². The van der Waals surface area contributed by atoms with E-state index in [-0.39, 0.29) is 37.5 Å². The number of fused-ring (bicyclic) bond motifs is 2. The number of rotatable bonds is 4. The van der Waals surface area contributed by atoms with Crippen molar-refractivity contribution in [3.63, 3.8) is 0 Å². The van der Waals surface area contributed by atoms with Crippen LogP contribution < -0.4 is 4.74 Å². The largest absolute Gasteiger partial charge is 0.456 e. The number of aromatic nitrogens is 4. The molecule has 5 heterocycles. The molecule has 0 radical (unpaired) electrons. The Hall–Kier alpha value is -2.30. The molecule has 0 spiro atoms. The fraction of sp³-hybridized carbons (Fsp3) is 0.389. The number of nitrogens with zero attached hydrogens (tertiary/aromatic N) is 3. The number of imidazole rings is 1. The molecule has 0 unspecified atom stereocenters. The van der Waals surface area contributed by atoms with Gasteiger partial charge in [0.1, 0.15) is 18.3 Å². The maximum absolute atomic E-state index is 9.83. The summed E-state index contributed by atoms with van der Waals surface area (Å²) in [4.78, 5) is 16.1. The number of nitrogens with one attached hydrogen (secondary N) is 1. The number of hydrogen-bond acceptors (Lipinski definition) is 8. The second kappa shape index (κ2) is 6.94. The van der Waals surface area contributed by atoms with Crippen molar-refractivity contribution in [1.29, 1.82) is 0 Å². The average molecular weight is 405 g/mol. The van der Waals surface area contributed by atoms with Crippen LogP contribution in [0.2, 0.25) is 5.02 Å². The maximum Gasteiger partial charge on any atom is 0.296 e. The van der Waals surface area contributed by atoms with E-state index in [9.17, 15) is 5.11 Å². The van der Waals surface area contributed by atoms with Crippen molar-refractivity contribution in [3.8, 4) is 17.3 Å². The zero-order valence-electron chi connectivity index (χ0n) is 14.6. The number of aliphatic hydroxyl groups excluding tert-OH is 2. The van der Waals surface area contributed by atoms with Gasteiger partial charge in [0.05, 0.1) is 41.7 Å². The van der Waals surface area contributed by atoms with Crippen LogP contribution in [-0.4, -0.2) is 67.8 Å². The molecule has 3 aromatic heterocycles. The topological polar surface area (TPSA) is 123 Å². The number of hydrogen-bond donors (Lipinski definition) is 3. The summed E-state index contributed by atoms with van der Waals surface area (Å²) in [7, 11) is 0. The van der Waals surface area contributed by atoms with Crippen molar-refractivity contribution in [2.45, 2.75) is 31.0 Å². The van der Waals surface area contributed by atoms with Crippen LogP contribution in [0.4, 0.5) is 0 Å². The van der Waals surface area contributed by atoms with Crippen molar-refractivity contribution in [3.05, 3.63) is 35.1 Å². The lowest BCUT2D eigenvalue weighted by atomic mass is 10.1. The SMILES string of the molecule is OCc1ccc(-c2nc3nc(O[C@@H]4CO[C@H]5[C@@H]4OC[C@H]5O)[nH]c3cc2Cl)cn1. The third-order valence-corrected chi connectivity index (χ3v) is 5.20. The fourth-order valence-electron chi connectivity index (χ4n) is 3.50. The van der Waals surface area contributed by atoms with E-state index in [1.165, 1.54) is 0 Å². The fourth-order valence-corrected chi connectivity index (χ4v) is 3.76. The molecule has 5 rings (SSSR count). The molecule has 2 saturated heterocycles. The number of H-pyrrole nitrogens is 1. The molecule has 9 nitrogen and oxygen atoms in total. The minimum atomic E-state index is -0.636. The summed E-state index contributed by atoms with van der Waals surface area (Å²) in [6, 6.07) is 5.51. The van der Waals surface area contributed by atoms with Crippen LogP contribution in [0, 0.1) is 0 Å². The van der Waals surface area contributed by atoms with Gasteiger partial charge in [-0.2, -0.15) is 4.98 Å². The molecule has 3 N–H and O–H groups in total. The van der Waals surface area contributed by atoms with Crippen LogP contribution in [0.5, 0.6) is 6.01 Å². The predicted octanol–water partition coefficient (Wildman–Crippen LogP) is 1.07. The molecule has 0 amide bonds. The van der Waals surface area contributed by atoms with Crippen LogP contribution in [0.25, 0.3) is 22.4 Å². The van der Waals surface area contributed by atoms with Crippen molar-refractivity contribution < 1.29 is 24.4 Å². The van der Waals surface area contributed by atoms with Gasteiger partial charge < -0.3 is 29.4 Å². The monoisotopic (exact) mass is 404 g/mol. The first kappa shape index (κ1) is 17.8. The third kappa shape index (κ3) is 3.01. The summed E-state index contributed by atoms with van der Waals surface area (Å²) in [5.74, 6) is 0. The van der Waals surface area contributed by atoms with Gasteiger partial charge in [-0.25, -0.2) is 4.98 Å². The van der Waals surface area contributed by atoms with E-state index in [4.69, 9.17) is 30.9 Å². The van der Waals surface area contributed by atoms with Gasteiger partial charge in [0, 0.05) is 11.8 Å². The quantitative estimate of drug-likeness (QED) is 0.590. The molecule has 0 saturated carbocycles. The van der Waals surface area contributed by atoms with Crippen molar-refractivity contribution in [1.82, 2.24) is 19.9 Å². The molecule has 10 heteroatoms. The van der Waals surface area contributed by atoms with E-state index in [0.717, 1.165) is 5.56 Å². The van der Waals surface area contributed by atoms with Gasteiger partial charge in [0.2, 0.25) is 0 Å². The number of aromatic amines is 1. The molecule has 0 bridgehead atoms. The number of ether oxygens (including phenoxy) is 3. The summed E-state index contributed by atoms with van der Waals surface area (Å²) < 4.78 is 17.0. The number of halogens is 1. The lowest BCUT2D eigenvalue weighted by Gasteiger charge is -2.15. The highest BCUT2D eigenvalue weighted by atomic mass is 35.5. The second-order valence-corrected chi connectivity index (χ2v) is 7.15. The van der Waals surface area contributed by atoms with E-state index < -0.39 is 6.10 Å². The summed E-state index contributed by atoms with van der Waals surface area (Å²) in [6.07, 6.45) is -0.0978. The molecular formula is C18H17ClN4O5. The van der Waals surface area contributed by atoms with Crippen LogP contribution >= 0.6 is 11.6 Å². The maximum atomic E-state index is 9.83. The first-order chi connectivity index (χ1) is 13.6. The Bertz CT molecular complexity index is 1010. The molecule has 2 fully saturated rings. The standard InChI is InChI=1S/C18H17ClN4O5/c19-10-3-11-17(22-14(10)8-1-2-9(5-24)20-4-8)23-18(21-11)28-13-7-27-15-12(25)6-26-16(13)15/h1-4,12-13,15-16,24-25H,5-7H2,(H,21,22,23)/t12-,13-,15-,16-/m1/s1. The number of aliphatic hydroxyl groups is 2. The van der Waals surface area contributed by atoms with Crippen LogP contribution in [0.1, 0.15) is 5.69 Å². The van der Waals surface area contributed by atoms with E-state index in [1.54, 1.807) is 24.4 Å². The zero-order valence-corrected chi connectivity index (χ0v) is 15.3. The van der Waals surface area contributed by atoms with Gasteiger partial charge in [-0.05, 0) is 18.2 Å².